The minimum atomic E-state index is 0.577. The Balaban J connectivity index is 1.72. The zero-order valence-corrected chi connectivity index (χ0v) is 12.2. The summed E-state index contributed by atoms with van der Waals surface area (Å²) in [6.45, 7) is 1.13. The van der Waals surface area contributed by atoms with Crippen molar-refractivity contribution in [1.29, 1.82) is 0 Å². The molecule has 2 heterocycles. The summed E-state index contributed by atoms with van der Waals surface area (Å²) in [6, 6.07) is 12.9. The van der Waals surface area contributed by atoms with E-state index in [1.54, 1.807) is 0 Å². The summed E-state index contributed by atoms with van der Waals surface area (Å²) >= 11 is 3.44. The number of nitrogens with zero attached hydrogens (tertiary/aromatic N) is 2. The zero-order chi connectivity index (χ0) is 13.1. The van der Waals surface area contributed by atoms with Crippen molar-refractivity contribution >= 4 is 15.9 Å². The van der Waals surface area contributed by atoms with Crippen LogP contribution in [0, 0.1) is 0 Å². The van der Waals surface area contributed by atoms with E-state index < -0.39 is 0 Å². The molecule has 0 spiro atoms. The Labute approximate surface area is 121 Å². The third-order valence-electron chi connectivity index (χ3n) is 3.48. The van der Waals surface area contributed by atoms with Crippen LogP contribution in [0.25, 0.3) is 11.3 Å². The van der Waals surface area contributed by atoms with Gasteiger partial charge in [-0.2, -0.15) is 10.2 Å². The Morgan fingerprint density at radius 3 is 2.58 bits per heavy atom. The highest BCUT2D eigenvalue weighted by molar-refractivity contribution is 9.10. The van der Waals surface area contributed by atoms with Crippen LogP contribution in [0.3, 0.4) is 0 Å². The molecule has 1 saturated heterocycles. The largest absolute Gasteiger partial charge is 0.314 e. The number of benzene rings is 1. The molecule has 0 radical (unpaired) electrons. The van der Waals surface area contributed by atoms with Crippen LogP contribution in [-0.2, 0) is 6.42 Å². The molecule has 1 aliphatic heterocycles. The molecule has 1 atom stereocenters. The third kappa shape index (κ3) is 3.19. The van der Waals surface area contributed by atoms with Gasteiger partial charge in [-0.1, -0.05) is 28.1 Å². The molecule has 0 unspecified atom stereocenters. The van der Waals surface area contributed by atoms with E-state index in [0.29, 0.717) is 6.04 Å². The smallest absolute Gasteiger partial charge is 0.0929 e. The van der Waals surface area contributed by atoms with E-state index in [1.807, 2.05) is 24.3 Å². The molecule has 1 aliphatic rings. The number of nitrogens with one attached hydrogen (secondary N) is 1. The van der Waals surface area contributed by atoms with Crippen molar-refractivity contribution in [3.63, 3.8) is 0 Å². The number of hydrogen-bond acceptors (Lipinski definition) is 3. The topological polar surface area (TPSA) is 37.8 Å². The lowest BCUT2D eigenvalue weighted by atomic mass is 10.1. The highest BCUT2D eigenvalue weighted by Crippen LogP contribution is 2.19. The molecule has 4 heteroatoms. The molecule has 2 aromatic rings. The van der Waals surface area contributed by atoms with E-state index in [2.05, 4.69) is 43.6 Å². The number of halogens is 1. The van der Waals surface area contributed by atoms with E-state index >= 15 is 0 Å². The summed E-state index contributed by atoms with van der Waals surface area (Å²) in [7, 11) is 0. The second-order valence-electron chi connectivity index (χ2n) is 4.91. The summed E-state index contributed by atoms with van der Waals surface area (Å²) in [5.74, 6) is 0. The second-order valence-corrected chi connectivity index (χ2v) is 5.83. The van der Waals surface area contributed by atoms with Crippen LogP contribution in [0.1, 0.15) is 18.5 Å². The first-order valence-electron chi connectivity index (χ1n) is 6.63. The second kappa shape index (κ2) is 5.80. The van der Waals surface area contributed by atoms with Gasteiger partial charge in [0.05, 0.1) is 11.4 Å². The molecule has 0 saturated carbocycles. The Bertz CT molecular complexity index is 530. The molecule has 1 fully saturated rings. The maximum atomic E-state index is 4.34. The fourth-order valence-corrected chi connectivity index (χ4v) is 2.69. The zero-order valence-electron chi connectivity index (χ0n) is 10.6. The van der Waals surface area contributed by atoms with Crippen LogP contribution in [0.5, 0.6) is 0 Å². The Kier molecular flexibility index (Phi) is 3.89. The molecule has 0 aliphatic carbocycles. The van der Waals surface area contributed by atoms with Crippen molar-refractivity contribution in [1.82, 2.24) is 15.5 Å². The summed E-state index contributed by atoms with van der Waals surface area (Å²) < 4.78 is 1.08. The quantitative estimate of drug-likeness (QED) is 0.944. The minimum absolute atomic E-state index is 0.577. The van der Waals surface area contributed by atoms with Crippen molar-refractivity contribution in [3.05, 3.63) is 46.6 Å². The van der Waals surface area contributed by atoms with Gasteiger partial charge in [0.25, 0.3) is 0 Å². The lowest BCUT2D eigenvalue weighted by Crippen LogP contribution is -2.24. The van der Waals surface area contributed by atoms with Gasteiger partial charge < -0.3 is 5.32 Å². The van der Waals surface area contributed by atoms with Crippen LogP contribution in [0.2, 0.25) is 0 Å². The van der Waals surface area contributed by atoms with Crippen LogP contribution in [0.15, 0.2) is 40.9 Å². The van der Waals surface area contributed by atoms with Gasteiger partial charge in [0.1, 0.15) is 0 Å². The predicted molar refractivity (Wildman–Crippen MR) is 79.9 cm³/mol. The van der Waals surface area contributed by atoms with Crippen LogP contribution in [-0.4, -0.2) is 22.8 Å². The normalized spacial score (nSPS) is 18.7. The van der Waals surface area contributed by atoms with Gasteiger partial charge in [0.15, 0.2) is 0 Å². The van der Waals surface area contributed by atoms with Gasteiger partial charge in [-0.15, -0.1) is 0 Å². The van der Waals surface area contributed by atoms with E-state index in [0.717, 1.165) is 34.4 Å². The van der Waals surface area contributed by atoms with Crippen LogP contribution >= 0.6 is 15.9 Å². The van der Waals surface area contributed by atoms with Gasteiger partial charge >= 0.3 is 0 Å². The predicted octanol–water partition coefficient (Wildman–Crippen LogP) is 3.20. The number of aromatic nitrogens is 2. The molecule has 1 aromatic carbocycles. The molecule has 3 nitrogen and oxygen atoms in total. The highest BCUT2D eigenvalue weighted by atomic mass is 79.9. The molecule has 1 N–H and O–H groups in total. The summed E-state index contributed by atoms with van der Waals surface area (Å²) in [5.41, 5.74) is 3.09. The monoisotopic (exact) mass is 317 g/mol. The first-order valence-corrected chi connectivity index (χ1v) is 7.42. The summed E-state index contributed by atoms with van der Waals surface area (Å²) in [4.78, 5) is 0. The van der Waals surface area contributed by atoms with E-state index in [1.165, 1.54) is 12.8 Å². The van der Waals surface area contributed by atoms with Crippen molar-refractivity contribution in [3.8, 4) is 11.3 Å². The standard InChI is InChI=1S/C15H16BrN3/c16-12-5-3-11(4-6-12)15-8-7-14(18-19-15)10-13-2-1-9-17-13/h3-8,13,17H,1-2,9-10H2/t13-/m1/s1. The Morgan fingerprint density at radius 1 is 1.11 bits per heavy atom. The van der Waals surface area contributed by atoms with E-state index in [4.69, 9.17) is 0 Å². The first-order chi connectivity index (χ1) is 9.31. The maximum absolute atomic E-state index is 4.34. The van der Waals surface area contributed by atoms with Crippen molar-refractivity contribution in [2.75, 3.05) is 6.54 Å². The van der Waals surface area contributed by atoms with Crippen LogP contribution in [0.4, 0.5) is 0 Å². The summed E-state index contributed by atoms with van der Waals surface area (Å²) in [5, 5.41) is 12.2. The Morgan fingerprint density at radius 2 is 1.95 bits per heavy atom. The number of hydrogen-bond donors (Lipinski definition) is 1. The van der Waals surface area contributed by atoms with Gasteiger partial charge in [-0.25, -0.2) is 0 Å². The number of rotatable bonds is 3. The molecule has 0 amide bonds. The first kappa shape index (κ1) is 12.8. The molecule has 19 heavy (non-hydrogen) atoms. The molecular formula is C15H16BrN3. The molecule has 98 valence electrons. The van der Waals surface area contributed by atoms with E-state index in [-0.39, 0.29) is 0 Å². The fraction of sp³-hybridized carbons (Fsp3) is 0.333. The maximum Gasteiger partial charge on any atom is 0.0929 e. The van der Waals surface area contributed by atoms with Crippen molar-refractivity contribution in [2.45, 2.75) is 25.3 Å². The third-order valence-corrected chi connectivity index (χ3v) is 4.01. The van der Waals surface area contributed by atoms with Gasteiger partial charge in [0.2, 0.25) is 0 Å². The van der Waals surface area contributed by atoms with Gasteiger partial charge in [0, 0.05) is 22.5 Å². The van der Waals surface area contributed by atoms with Crippen molar-refractivity contribution in [2.24, 2.45) is 0 Å². The highest BCUT2D eigenvalue weighted by Gasteiger charge is 2.15. The molecule has 1 aromatic heterocycles. The summed E-state index contributed by atoms with van der Waals surface area (Å²) in [6.07, 6.45) is 3.50. The molecular weight excluding hydrogens is 302 g/mol. The average Bonchev–Trinajstić information content (AvgIpc) is 2.94. The SMILES string of the molecule is Brc1ccc(-c2ccc(C[C@H]3CCCN3)nn2)cc1. The lowest BCUT2D eigenvalue weighted by Gasteiger charge is -2.09. The van der Waals surface area contributed by atoms with E-state index in [9.17, 15) is 0 Å². The molecule has 0 bridgehead atoms. The lowest BCUT2D eigenvalue weighted by molar-refractivity contribution is 0.591. The minimum Gasteiger partial charge on any atom is -0.314 e. The average molecular weight is 318 g/mol. The van der Waals surface area contributed by atoms with Crippen molar-refractivity contribution < 1.29 is 0 Å². The fourth-order valence-electron chi connectivity index (χ4n) is 2.43. The van der Waals surface area contributed by atoms with Gasteiger partial charge in [-0.05, 0) is 43.7 Å². The van der Waals surface area contributed by atoms with Crippen LogP contribution < -0.4 is 5.32 Å². The molecule has 3 rings (SSSR count). The van der Waals surface area contributed by atoms with Gasteiger partial charge in [-0.3, -0.25) is 0 Å². The Hall–Kier alpha value is -1.26.